The van der Waals surface area contributed by atoms with Crippen LogP contribution in [0.15, 0.2) is 26.9 Å². The number of ether oxygens (including phenoxy) is 1. The molecule has 39 heavy (non-hydrogen) atoms. The number of aromatic nitrogens is 2. The third kappa shape index (κ3) is 5.53. The van der Waals surface area contributed by atoms with E-state index in [1.165, 1.54) is 17.8 Å². The Labute approximate surface area is 234 Å². The molecule has 3 rings (SSSR count). The van der Waals surface area contributed by atoms with Gasteiger partial charge in [-0.05, 0) is 43.2 Å². The Morgan fingerprint density at radius 1 is 1.08 bits per heavy atom. The predicted octanol–water partition coefficient (Wildman–Crippen LogP) is 2.64. The van der Waals surface area contributed by atoms with Gasteiger partial charge < -0.3 is 19.3 Å². The van der Waals surface area contributed by atoms with Gasteiger partial charge in [-0.15, -0.1) is 0 Å². The summed E-state index contributed by atoms with van der Waals surface area (Å²) in [4.78, 5) is 25.9. The van der Waals surface area contributed by atoms with E-state index < -0.39 is 61.9 Å². The fourth-order valence-electron chi connectivity index (χ4n) is 4.37. The van der Waals surface area contributed by atoms with Crippen LogP contribution in [0, 0.1) is 6.92 Å². The van der Waals surface area contributed by atoms with Gasteiger partial charge in [-0.3, -0.25) is 13.9 Å². The van der Waals surface area contributed by atoms with Gasteiger partial charge in [0.25, 0.3) is 5.56 Å². The van der Waals surface area contributed by atoms with Crippen LogP contribution in [0.5, 0.6) is 0 Å². The fraction of sp³-hybridized carbons (Fsp3) is 0.760. The molecule has 1 spiro atoms. The summed E-state index contributed by atoms with van der Waals surface area (Å²) in [6.45, 7) is 22.4. The van der Waals surface area contributed by atoms with E-state index in [1.807, 2.05) is 13.1 Å². The van der Waals surface area contributed by atoms with Gasteiger partial charge in [0.15, 0.2) is 22.9 Å². The van der Waals surface area contributed by atoms with Crippen molar-refractivity contribution in [2.45, 2.75) is 109 Å². The summed E-state index contributed by atoms with van der Waals surface area (Å²) in [6, 6.07) is 0. The molecule has 2 aliphatic rings. The lowest BCUT2D eigenvalue weighted by molar-refractivity contribution is -0.0502. The second kappa shape index (κ2) is 9.77. The van der Waals surface area contributed by atoms with Gasteiger partial charge >= 0.3 is 5.69 Å². The van der Waals surface area contributed by atoms with Crippen molar-refractivity contribution >= 4 is 26.7 Å². The van der Waals surface area contributed by atoms with E-state index in [9.17, 15) is 18.0 Å². The Morgan fingerprint density at radius 3 is 2.08 bits per heavy atom. The van der Waals surface area contributed by atoms with Gasteiger partial charge in [0.05, 0.1) is 12.0 Å². The van der Waals surface area contributed by atoms with Crippen LogP contribution in [0.4, 0.5) is 0 Å². The normalized spacial score (nSPS) is 27.8. The highest BCUT2D eigenvalue weighted by molar-refractivity contribution is 7.92. The Hall–Kier alpha value is -1.56. The maximum Gasteiger partial charge on any atom is 0.332 e. The van der Waals surface area contributed by atoms with E-state index in [-0.39, 0.29) is 22.4 Å². The quantitative estimate of drug-likeness (QED) is 0.473. The first-order valence-electron chi connectivity index (χ1n) is 13.2. The van der Waals surface area contributed by atoms with Crippen molar-refractivity contribution < 1.29 is 22.0 Å². The molecule has 11 nitrogen and oxygen atoms in total. The van der Waals surface area contributed by atoms with Crippen LogP contribution in [0.25, 0.3) is 0 Å². The molecule has 0 aliphatic carbocycles. The van der Waals surface area contributed by atoms with Gasteiger partial charge in [0.2, 0.25) is 10.0 Å². The molecule has 14 heteroatoms. The molecular weight excluding hydrogens is 557 g/mol. The average Bonchev–Trinajstić information content (AvgIpc) is 3.18. The summed E-state index contributed by atoms with van der Waals surface area (Å²) < 4.78 is 51.0. The molecule has 0 amide bonds. The van der Waals surface area contributed by atoms with Crippen molar-refractivity contribution in [2.75, 3.05) is 6.61 Å². The SMILES string of the molecule is Cc1cn([C@@H]2O[C@H](CO[Si](C)(C)C(C)(C)C)[C@@]3(NS(=O)(=O)C=C3N)[C@H]2O[Si](C)(C)C(C)(C)C)c(=O)n(C)c1=O. The minimum atomic E-state index is -3.93. The molecule has 2 aliphatic heterocycles. The second-order valence-electron chi connectivity index (χ2n) is 13.8. The molecule has 222 valence electrons. The zero-order chi connectivity index (χ0) is 30.1. The van der Waals surface area contributed by atoms with E-state index in [0.29, 0.717) is 5.56 Å². The minimum Gasteiger partial charge on any atom is -0.414 e. The first kappa shape index (κ1) is 32.0. The topological polar surface area (TPSA) is 144 Å². The van der Waals surface area contributed by atoms with Gasteiger partial charge in [-0.25, -0.2) is 13.2 Å². The highest BCUT2D eigenvalue weighted by atomic mass is 32.2. The molecule has 4 atom stereocenters. The lowest BCUT2D eigenvalue weighted by atomic mass is 9.86. The van der Waals surface area contributed by atoms with Gasteiger partial charge in [-0.1, -0.05) is 41.5 Å². The number of nitrogens with two attached hydrogens (primary N) is 1. The van der Waals surface area contributed by atoms with Crippen LogP contribution in [0.1, 0.15) is 53.3 Å². The minimum absolute atomic E-state index is 0.0287. The van der Waals surface area contributed by atoms with Crippen molar-refractivity contribution in [1.82, 2.24) is 13.9 Å². The van der Waals surface area contributed by atoms with Crippen molar-refractivity contribution in [3.8, 4) is 0 Å². The number of sulfonamides is 1. The van der Waals surface area contributed by atoms with E-state index in [0.717, 1.165) is 9.98 Å². The second-order valence-corrected chi connectivity index (χ2v) is 24.9. The number of hydrogen-bond acceptors (Lipinski definition) is 8. The predicted molar refractivity (Wildman–Crippen MR) is 157 cm³/mol. The van der Waals surface area contributed by atoms with Gasteiger partial charge in [0.1, 0.15) is 17.7 Å². The zero-order valence-corrected chi connectivity index (χ0v) is 28.1. The molecule has 1 fully saturated rings. The first-order valence-corrected chi connectivity index (χ1v) is 20.5. The third-order valence-electron chi connectivity index (χ3n) is 8.98. The maximum atomic E-state index is 13.4. The van der Waals surface area contributed by atoms with E-state index in [2.05, 4.69) is 59.4 Å². The Morgan fingerprint density at radius 2 is 1.62 bits per heavy atom. The number of rotatable bonds is 6. The monoisotopic (exact) mass is 602 g/mol. The van der Waals surface area contributed by atoms with Crippen LogP contribution < -0.4 is 21.7 Å². The standard InChI is InChI=1S/C25H46N4O7SSi2/c1-16-13-29(22(31)28(8)20(16)30)21-19(36-39(11,12)24(5,6)7)25(17(26)15-37(32,33)27-25)18(35-21)14-34-38(9,10)23(2,3)4/h13,15,18-19,21,27H,14,26H2,1-12H3/t18-,19+,21-,25-/m1/s1. The van der Waals surface area contributed by atoms with Crippen LogP contribution in [0.2, 0.25) is 36.3 Å². The largest absolute Gasteiger partial charge is 0.414 e. The summed E-state index contributed by atoms with van der Waals surface area (Å²) in [7, 11) is -7.44. The number of hydrogen-bond donors (Lipinski definition) is 2. The van der Waals surface area contributed by atoms with Crippen LogP contribution in [0.3, 0.4) is 0 Å². The Bertz CT molecular complexity index is 1390. The van der Waals surface area contributed by atoms with Crippen molar-refractivity contribution in [3.05, 3.63) is 43.7 Å². The lowest BCUT2D eigenvalue weighted by Gasteiger charge is -2.44. The van der Waals surface area contributed by atoms with E-state index in [4.69, 9.17) is 19.3 Å². The Kier molecular flexibility index (Phi) is 8.01. The maximum absolute atomic E-state index is 13.4. The summed E-state index contributed by atoms with van der Waals surface area (Å²) in [5.41, 5.74) is 4.34. The smallest absolute Gasteiger partial charge is 0.332 e. The summed E-state index contributed by atoms with van der Waals surface area (Å²) in [5.74, 6) is 0. The highest BCUT2D eigenvalue weighted by Gasteiger charge is 2.65. The molecule has 0 radical (unpaired) electrons. The highest BCUT2D eigenvalue weighted by Crippen LogP contribution is 2.49. The summed E-state index contributed by atoms with van der Waals surface area (Å²) >= 11 is 0. The Balaban J connectivity index is 2.27. The number of nitrogens with zero attached hydrogens (tertiary/aromatic N) is 2. The molecule has 1 aromatic heterocycles. The fourth-order valence-corrected chi connectivity index (χ4v) is 8.09. The molecule has 0 unspecified atom stereocenters. The van der Waals surface area contributed by atoms with Gasteiger partial charge in [-0.2, -0.15) is 4.72 Å². The van der Waals surface area contributed by atoms with Gasteiger partial charge in [0, 0.05) is 24.5 Å². The molecule has 0 bridgehead atoms. The number of aryl methyl sites for hydroxylation is 1. The third-order valence-corrected chi connectivity index (χ3v) is 19.1. The van der Waals surface area contributed by atoms with E-state index in [1.54, 1.807) is 6.92 Å². The van der Waals surface area contributed by atoms with Crippen LogP contribution in [-0.2, 0) is 30.7 Å². The average molecular weight is 603 g/mol. The van der Waals surface area contributed by atoms with Crippen molar-refractivity contribution in [1.29, 1.82) is 0 Å². The molecule has 0 saturated carbocycles. The molecule has 1 saturated heterocycles. The van der Waals surface area contributed by atoms with Crippen molar-refractivity contribution in [2.24, 2.45) is 12.8 Å². The molecule has 1 aromatic rings. The first-order chi connectivity index (χ1) is 17.4. The van der Waals surface area contributed by atoms with E-state index >= 15 is 0 Å². The molecule has 0 aromatic carbocycles. The molecule has 3 heterocycles. The summed E-state index contributed by atoms with van der Waals surface area (Å²) in [5, 5.41) is 0.626. The molecule has 3 N–H and O–H groups in total. The number of nitrogens with one attached hydrogen (secondary N) is 1. The molecular formula is C25H46N4O7SSi2. The zero-order valence-electron chi connectivity index (χ0n) is 25.3. The van der Waals surface area contributed by atoms with Crippen molar-refractivity contribution in [3.63, 3.8) is 0 Å². The van der Waals surface area contributed by atoms with Crippen LogP contribution >= 0.6 is 0 Å². The summed E-state index contributed by atoms with van der Waals surface area (Å²) in [6.07, 6.45) is -1.58. The lowest BCUT2D eigenvalue weighted by Crippen LogP contribution is -2.64. The van der Waals surface area contributed by atoms with Crippen LogP contribution in [-0.4, -0.2) is 58.5 Å².